The van der Waals surface area contributed by atoms with Gasteiger partial charge in [0.15, 0.2) is 0 Å². The van der Waals surface area contributed by atoms with E-state index in [0.717, 1.165) is 0 Å². The van der Waals surface area contributed by atoms with Crippen molar-refractivity contribution >= 4 is 35.5 Å². The second-order valence-corrected chi connectivity index (χ2v) is 6.56. The fourth-order valence-corrected chi connectivity index (χ4v) is 3.01. The van der Waals surface area contributed by atoms with Gasteiger partial charge >= 0.3 is 11.9 Å². The van der Waals surface area contributed by atoms with Crippen LogP contribution in [0, 0.1) is 0 Å². The lowest BCUT2D eigenvalue weighted by molar-refractivity contribution is -0.149. The van der Waals surface area contributed by atoms with Crippen LogP contribution in [0.15, 0.2) is 0 Å². The van der Waals surface area contributed by atoms with Gasteiger partial charge in [-0.1, -0.05) is 0 Å². The van der Waals surface area contributed by atoms with Crippen molar-refractivity contribution in [3.8, 4) is 0 Å². The number of carboxylic acids is 2. The van der Waals surface area contributed by atoms with Gasteiger partial charge in [-0.3, -0.25) is 14.4 Å². The van der Waals surface area contributed by atoms with E-state index in [0.29, 0.717) is 31.6 Å². The van der Waals surface area contributed by atoms with Crippen LogP contribution in [-0.4, -0.2) is 75.5 Å². The van der Waals surface area contributed by atoms with Crippen LogP contribution in [-0.2, 0) is 19.2 Å². The van der Waals surface area contributed by atoms with Crippen molar-refractivity contribution in [2.45, 2.75) is 43.8 Å². The Kier molecular flexibility index (Phi) is 7.99. The van der Waals surface area contributed by atoms with Crippen molar-refractivity contribution in [2.24, 2.45) is 5.73 Å². The predicted molar refractivity (Wildman–Crippen MR) is 87.5 cm³/mol. The van der Waals surface area contributed by atoms with E-state index in [9.17, 15) is 24.3 Å². The first-order valence-electron chi connectivity index (χ1n) is 7.57. The minimum absolute atomic E-state index is 0.314. The number of rotatable bonds is 9. The van der Waals surface area contributed by atoms with Crippen LogP contribution in [0.25, 0.3) is 0 Å². The van der Waals surface area contributed by atoms with Gasteiger partial charge in [0, 0.05) is 6.54 Å². The van der Waals surface area contributed by atoms with E-state index >= 15 is 0 Å². The number of nitrogens with one attached hydrogen (secondary N) is 1. The third kappa shape index (κ3) is 5.68. The molecular weight excluding hydrogens is 338 g/mol. The molecule has 1 aliphatic rings. The fourth-order valence-electron chi connectivity index (χ4n) is 2.54. The van der Waals surface area contributed by atoms with Crippen LogP contribution in [0.2, 0.25) is 0 Å². The fraction of sp³-hybridized carbons (Fsp3) is 0.714. The van der Waals surface area contributed by atoms with Gasteiger partial charge in [-0.05, 0) is 31.3 Å². The van der Waals surface area contributed by atoms with E-state index in [2.05, 4.69) is 5.32 Å². The summed E-state index contributed by atoms with van der Waals surface area (Å²) in [6.45, 7) is 0.322. The number of carbonyl (C=O) groups excluding carboxylic acids is 2. The summed E-state index contributed by atoms with van der Waals surface area (Å²) < 4.78 is 0. The maximum Gasteiger partial charge on any atom is 0.326 e. The van der Waals surface area contributed by atoms with Crippen molar-refractivity contribution in [3.05, 3.63) is 0 Å². The molecule has 1 saturated heterocycles. The molecule has 10 heteroatoms. The third-order valence-corrected chi connectivity index (χ3v) is 4.42. The molecule has 1 heterocycles. The molecule has 136 valence electrons. The molecule has 2 amide bonds. The van der Waals surface area contributed by atoms with Gasteiger partial charge < -0.3 is 26.2 Å². The Labute approximate surface area is 143 Å². The minimum atomic E-state index is -1.26. The molecule has 3 unspecified atom stereocenters. The molecular formula is C14H23N3O6S. The van der Waals surface area contributed by atoms with Crippen LogP contribution in [0.3, 0.4) is 0 Å². The zero-order valence-electron chi connectivity index (χ0n) is 13.4. The smallest absolute Gasteiger partial charge is 0.326 e. The number of nitrogens with two attached hydrogens (primary N) is 1. The monoisotopic (exact) mass is 361 g/mol. The standard InChI is InChI=1S/C14H23N3O6S/c1-24-6-4-9(16-12(20)8(15)7-11(18)19)13(21)17-5-2-3-10(17)14(22)23/h8-10H,2-7,15H2,1H3,(H,16,20)(H,18,19)(H,22,23). The third-order valence-electron chi connectivity index (χ3n) is 3.78. The van der Waals surface area contributed by atoms with Crippen molar-refractivity contribution in [2.75, 3.05) is 18.6 Å². The molecule has 0 saturated carbocycles. The highest BCUT2D eigenvalue weighted by atomic mass is 32.2. The summed E-state index contributed by atoms with van der Waals surface area (Å²) >= 11 is 1.48. The van der Waals surface area contributed by atoms with E-state index in [1.165, 1.54) is 16.7 Å². The average molecular weight is 361 g/mol. The molecule has 24 heavy (non-hydrogen) atoms. The first-order chi connectivity index (χ1) is 11.3. The second kappa shape index (κ2) is 9.48. The van der Waals surface area contributed by atoms with Crippen LogP contribution in [0.4, 0.5) is 0 Å². The number of carboxylic acid groups (broad SMARTS) is 2. The molecule has 3 atom stereocenters. The molecule has 0 spiro atoms. The van der Waals surface area contributed by atoms with E-state index in [4.69, 9.17) is 10.8 Å². The number of nitrogens with zero attached hydrogens (tertiary/aromatic N) is 1. The molecule has 5 N–H and O–H groups in total. The first-order valence-corrected chi connectivity index (χ1v) is 8.97. The zero-order valence-corrected chi connectivity index (χ0v) is 14.3. The first kappa shape index (κ1) is 20.2. The Balaban J connectivity index is 2.80. The molecule has 9 nitrogen and oxygen atoms in total. The Morgan fingerprint density at radius 3 is 2.54 bits per heavy atom. The van der Waals surface area contributed by atoms with Gasteiger partial charge in [0.2, 0.25) is 11.8 Å². The number of hydrogen-bond donors (Lipinski definition) is 4. The molecule has 0 radical (unpaired) electrons. The van der Waals surface area contributed by atoms with Crippen molar-refractivity contribution in [1.82, 2.24) is 10.2 Å². The maximum atomic E-state index is 12.6. The van der Waals surface area contributed by atoms with Crippen molar-refractivity contribution < 1.29 is 29.4 Å². The lowest BCUT2D eigenvalue weighted by Gasteiger charge is -2.27. The van der Waals surface area contributed by atoms with Gasteiger partial charge in [0.25, 0.3) is 0 Å². The van der Waals surface area contributed by atoms with Crippen LogP contribution >= 0.6 is 11.8 Å². The molecule has 0 aromatic rings. The van der Waals surface area contributed by atoms with E-state index in [1.807, 2.05) is 6.26 Å². The van der Waals surface area contributed by atoms with Crippen LogP contribution in [0.1, 0.15) is 25.7 Å². The summed E-state index contributed by atoms with van der Waals surface area (Å²) in [4.78, 5) is 47.7. The number of aliphatic carboxylic acids is 2. The summed E-state index contributed by atoms with van der Waals surface area (Å²) in [6.07, 6.45) is 2.58. The molecule has 0 aromatic heterocycles. The Morgan fingerprint density at radius 2 is 2.00 bits per heavy atom. The van der Waals surface area contributed by atoms with Crippen LogP contribution < -0.4 is 11.1 Å². The topological polar surface area (TPSA) is 150 Å². The zero-order chi connectivity index (χ0) is 18.3. The van der Waals surface area contributed by atoms with Gasteiger partial charge in [0.05, 0.1) is 12.5 Å². The van der Waals surface area contributed by atoms with Gasteiger partial charge in [-0.25, -0.2) is 4.79 Å². The summed E-state index contributed by atoms with van der Waals surface area (Å²) in [5.74, 6) is -2.91. The molecule has 1 fully saturated rings. The highest BCUT2D eigenvalue weighted by Crippen LogP contribution is 2.19. The quantitative estimate of drug-likeness (QED) is 0.413. The molecule has 0 aromatic carbocycles. The molecule has 0 aliphatic carbocycles. The Hall–Kier alpha value is -1.81. The lowest BCUT2D eigenvalue weighted by atomic mass is 10.1. The van der Waals surface area contributed by atoms with Gasteiger partial charge in [-0.15, -0.1) is 0 Å². The summed E-state index contributed by atoms with van der Waals surface area (Å²) in [5, 5.41) is 20.3. The Bertz CT molecular complexity index is 501. The summed E-state index contributed by atoms with van der Waals surface area (Å²) in [6, 6.07) is -3.07. The minimum Gasteiger partial charge on any atom is -0.481 e. The SMILES string of the molecule is CSCCC(NC(=O)C(N)CC(=O)O)C(=O)N1CCCC1C(=O)O. The normalized spacial score (nSPS) is 19.6. The number of likely N-dealkylation sites (tertiary alicyclic amines) is 1. The molecule has 0 bridgehead atoms. The van der Waals surface area contributed by atoms with Gasteiger partial charge in [0.1, 0.15) is 12.1 Å². The Morgan fingerprint density at radius 1 is 1.33 bits per heavy atom. The largest absolute Gasteiger partial charge is 0.481 e. The highest BCUT2D eigenvalue weighted by Gasteiger charge is 2.37. The number of carbonyl (C=O) groups is 4. The average Bonchev–Trinajstić information content (AvgIpc) is 2.99. The van der Waals surface area contributed by atoms with Crippen molar-refractivity contribution in [3.63, 3.8) is 0 Å². The lowest BCUT2D eigenvalue weighted by Crippen LogP contribution is -2.54. The highest BCUT2D eigenvalue weighted by molar-refractivity contribution is 7.98. The molecule has 1 aliphatic heterocycles. The van der Waals surface area contributed by atoms with E-state index < -0.39 is 48.3 Å². The van der Waals surface area contributed by atoms with E-state index in [1.54, 1.807) is 0 Å². The number of hydrogen-bond acceptors (Lipinski definition) is 6. The number of amides is 2. The summed E-state index contributed by atoms with van der Waals surface area (Å²) in [7, 11) is 0. The van der Waals surface area contributed by atoms with Gasteiger partial charge in [-0.2, -0.15) is 11.8 Å². The maximum absolute atomic E-state index is 12.6. The molecule has 1 rings (SSSR count). The number of thioether (sulfide) groups is 1. The van der Waals surface area contributed by atoms with Crippen LogP contribution in [0.5, 0.6) is 0 Å². The van der Waals surface area contributed by atoms with Crippen molar-refractivity contribution in [1.29, 1.82) is 0 Å². The second-order valence-electron chi connectivity index (χ2n) is 5.57. The summed E-state index contributed by atoms with van der Waals surface area (Å²) in [5.41, 5.74) is 5.51. The predicted octanol–water partition coefficient (Wildman–Crippen LogP) is -0.898. The van der Waals surface area contributed by atoms with E-state index in [-0.39, 0.29) is 0 Å².